The normalized spacial score (nSPS) is 9.81. The molecule has 1 aromatic rings. The minimum atomic E-state index is -0.473. The van der Waals surface area contributed by atoms with Crippen LogP contribution in [0.25, 0.3) is 0 Å². The number of phenolic OH excluding ortho intramolecular Hbond substituents is 1. The number of aromatic hydroxyl groups is 1. The van der Waals surface area contributed by atoms with E-state index in [1.54, 1.807) is 13.0 Å². The van der Waals surface area contributed by atoms with Gasteiger partial charge in [0.05, 0.1) is 12.2 Å². The summed E-state index contributed by atoms with van der Waals surface area (Å²) in [6.45, 7) is 1.99. The first-order valence-corrected chi connectivity index (χ1v) is 5.11. The van der Waals surface area contributed by atoms with Gasteiger partial charge in [-0.25, -0.2) is 4.79 Å². The first-order chi connectivity index (χ1) is 7.69. The number of rotatable bonds is 5. The van der Waals surface area contributed by atoms with E-state index in [0.717, 1.165) is 6.29 Å². The number of aldehydes is 1. The number of esters is 1. The molecular weight excluding hydrogens is 208 g/mol. The second-order valence-electron chi connectivity index (χ2n) is 3.27. The molecule has 0 aromatic heterocycles. The molecule has 0 saturated carbocycles. The third-order valence-corrected chi connectivity index (χ3v) is 2.12. The zero-order valence-electron chi connectivity index (χ0n) is 9.10. The summed E-state index contributed by atoms with van der Waals surface area (Å²) in [5.74, 6) is -0.461. The van der Waals surface area contributed by atoms with Crippen LogP contribution in [0.2, 0.25) is 0 Å². The lowest BCUT2D eigenvalue weighted by Gasteiger charge is -2.08. The maximum absolute atomic E-state index is 11.6. The number of carbonyl (C=O) groups is 2. The van der Waals surface area contributed by atoms with Crippen LogP contribution in [0.5, 0.6) is 5.75 Å². The average Bonchev–Trinajstić information content (AvgIpc) is 2.27. The summed E-state index contributed by atoms with van der Waals surface area (Å²) in [5, 5.41) is 9.30. The van der Waals surface area contributed by atoms with Crippen LogP contribution in [0.1, 0.15) is 29.3 Å². The van der Waals surface area contributed by atoms with E-state index < -0.39 is 5.97 Å². The molecule has 0 atom stereocenters. The van der Waals surface area contributed by atoms with E-state index in [-0.39, 0.29) is 12.4 Å². The fourth-order valence-electron chi connectivity index (χ4n) is 1.40. The average molecular weight is 222 g/mol. The zero-order valence-corrected chi connectivity index (χ0v) is 9.10. The molecule has 0 aliphatic rings. The summed E-state index contributed by atoms with van der Waals surface area (Å²) in [7, 11) is 0. The molecule has 1 rings (SSSR count). The van der Waals surface area contributed by atoms with Gasteiger partial charge in [0.15, 0.2) is 0 Å². The highest BCUT2D eigenvalue weighted by atomic mass is 16.5. The third-order valence-electron chi connectivity index (χ3n) is 2.12. The van der Waals surface area contributed by atoms with Crippen molar-refractivity contribution < 1.29 is 19.4 Å². The SMILES string of the molecule is CCOC(=O)c1cc(O)ccc1CCC=O. The number of hydrogen-bond acceptors (Lipinski definition) is 4. The Morgan fingerprint density at radius 3 is 2.88 bits per heavy atom. The van der Waals surface area contributed by atoms with Gasteiger partial charge in [0.1, 0.15) is 12.0 Å². The van der Waals surface area contributed by atoms with Crippen molar-refractivity contribution in [1.82, 2.24) is 0 Å². The Hall–Kier alpha value is -1.84. The summed E-state index contributed by atoms with van der Waals surface area (Å²) < 4.78 is 4.87. The molecule has 1 aromatic carbocycles. The topological polar surface area (TPSA) is 63.6 Å². The molecule has 0 saturated heterocycles. The molecule has 4 nitrogen and oxygen atoms in total. The lowest BCUT2D eigenvalue weighted by atomic mass is 10.0. The fraction of sp³-hybridized carbons (Fsp3) is 0.333. The fourth-order valence-corrected chi connectivity index (χ4v) is 1.40. The number of aryl methyl sites for hydroxylation is 1. The van der Waals surface area contributed by atoms with Gasteiger partial charge in [0.2, 0.25) is 0 Å². The summed E-state index contributed by atoms with van der Waals surface area (Å²) in [6.07, 6.45) is 1.61. The molecule has 0 bridgehead atoms. The minimum absolute atomic E-state index is 0.0120. The van der Waals surface area contributed by atoms with Crippen molar-refractivity contribution in [3.05, 3.63) is 29.3 Å². The monoisotopic (exact) mass is 222 g/mol. The quantitative estimate of drug-likeness (QED) is 0.608. The van der Waals surface area contributed by atoms with E-state index in [2.05, 4.69) is 0 Å². The minimum Gasteiger partial charge on any atom is -0.508 e. The Balaban J connectivity index is 2.97. The van der Waals surface area contributed by atoms with Crippen LogP contribution in [0.3, 0.4) is 0 Å². The largest absolute Gasteiger partial charge is 0.508 e. The van der Waals surface area contributed by atoms with Gasteiger partial charge in [0, 0.05) is 6.42 Å². The van der Waals surface area contributed by atoms with Crippen LogP contribution in [0, 0.1) is 0 Å². The lowest BCUT2D eigenvalue weighted by molar-refractivity contribution is -0.107. The molecule has 0 aliphatic carbocycles. The first-order valence-electron chi connectivity index (χ1n) is 5.11. The molecule has 0 fully saturated rings. The van der Waals surface area contributed by atoms with Gasteiger partial charge in [-0.05, 0) is 31.0 Å². The maximum atomic E-state index is 11.6. The smallest absolute Gasteiger partial charge is 0.338 e. The van der Waals surface area contributed by atoms with Crippen LogP contribution >= 0.6 is 0 Å². The Labute approximate surface area is 93.9 Å². The Morgan fingerprint density at radius 2 is 2.25 bits per heavy atom. The third kappa shape index (κ3) is 3.08. The van der Waals surface area contributed by atoms with Gasteiger partial charge < -0.3 is 14.6 Å². The van der Waals surface area contributed by atoms with Crippen molar-refractivity contribution in [2.24, 2.45) is 0 Å². The van der Waals surface area contributed by atoms with Gasteiger partial charge in [-0.2, -0.15) is 0 Å². The standard InChI is InChI=1S/C12H14O4/c1-2-16-12(15)11-8-10(14)6-5-9(11)4-3-7-13/h5-8,14H,2-4H2,1H3. The van der Waals surface area contributed by atoms with E-state index in [1.807, 2.05) is 0 Å². The molecule has 86 valence electrons. The number of carbonyl (C=O) groups excluding carboxylic acids is 2. The van der Waals surface area contributed by atoms with E-state index in [0.29, 0.717) is 24.0 Å². The molecule has 0 radical (unpaired) electrons. The van der Waals surface area contributed by atoms with Crippen LogP contribution < -0.4 is 0 Å². The molecule has 1 N–H and O–H groups in total. The van der Waals surface area contributed by atoms with E-state index >= 15 is 0 Å². The van der Waals surface area contributed by atoms with Crippen LogP contribution in [-0.2, 0) is 16.0 Å². The van der Waals surface area contributed by atoms with Crippen molar-refractivity contribution in [2.45, 2.75) is 19.8 Å². The Bertz CT molecular complexity index is 385. The second kappa shape index (κ2) is 5.90. The van der Waals surface area contributed by atoms with Gasteiger partial charge in [-0.3, -0.25) is 0 Å². The predicted molar refractivity (Wildman–Crippen MR) is 58.4 cm³/mol. The van der Waals surface area contributed by atoms with Crippen molar-refractivity contribution in [3.8, 4) is 5.75 Å². The highest BCUT2D eigenvalue weighted by Gasteiger charge is 2.12. The van der Waals surface area contributed by atoms with Gasteiger partial charge in [-0.1, -0.05) is 6.07 Å². The number of phenols is 1. The summed E-state index contributed by atoms with van der Waals surface area (Å²) >= 11 is 0. The first kappa shape index (κ1) is 12.2. The molecule has 0 unspecified atom stereocenters. The second-order valence-corrected chi connectivity index (χ2v) is 3.27. The Kier molecular flexibility index (Phi) is 4.51. The van der Waals surface area contributed by atoms with Crippen LogP contribution in [-0.4, -0.2) is 24.0 Å². The molecular formula is C12H14O4. The van der Waals surface area contributed by atoms with Gasteiger partial charge in [0.25, 0.3) is 0 Å². The van der Waals surface area contributed by atoms with Crippen molar-refractivity contribution in [1.29, 1.82) is 0 Å². The maximum Gasteiger partial charge on any atom is 0.338 e. The van der Waals surface area contributed by atoms with Crippen LogP contribution in [0.15, 0.2) is 18.2 Å². The summed E-state index contributed by atoms with van der Waals surface area (Å²) in [4.78, 5) is 21.8. The lowest BCUT2D eigenvalue weighted by Crippen LogP contribution is -2.08. The zero-order chi connectivity index (χ0) is 12.0. The highest BCUT2D eigenvalue weighted by Crippen LogP contribution is 2.18. The highest BCUT2D eigenvalue weighted by molar-refractivity contribution is 5.91. The Morgan fingerprint density at radius 1 is 1.50 bits per heavy atom. The van der Waals surface area contributed by atoms with Crippen molar-refractivity contribution in [3.63, 3.8) is 0 Å². The molecule has 0 aliphatic heterocycles. The molecule has 0 heterocycles. The number of benzene rings is 1. The number of hydrogen-bond donors (Lipinski definition) is 1. The molecule has 0 spiro atoms. The van der Waals surface area contributed by atoms with Gasteiger partial charge in [-0.15, -0.1) is 0 Å². The summed E-state index contributed by atoms with van der Waals surface area (Å²) in [6, 6.07) is 4.48. The number of ether oxygens (including phenoxy) is 1. The van der Waals surface area contributed by atoms with Crippen molar-refractivity contribution >= 4 is 12.3 Å². The summed E-state index contributed by atoms with van der Waals surface area (Å²) in [5.41, 5.74) is 1.03. The van der Waals surface area contributed by atoms with Gasteiger partial charge >= 0.3 is 5.97 Å². The molecule has 16 heavy (non-hydrogen) atoms. The van der Waals surface area contributed by atoms with Crippen LogP contribution in [0.4, 0.5) is 0 Å². The van der Waals surface area contributed by atoms with E-state index in [9.17, 15) is 14.7 Å². The predicted octanol–water partition coefficient (Wildman–Crippen LogP) is 1.70. The molecule has 0 amide bonds. The van der Waals surface area contributed by atoms with E-state index in [4.69, 9.17) is 4.74 Å². The van der Waals surface area contributed by atoms with E-state index in [1.165, 1.54) is 12.1 Å². The van der Waals surface area contributed by atoms with Crippen molar-refractivity contribution in [2.75, 3.05) is 6.61 Å². The molecule has 4 heteroatoms.